The van der Waals surface area contributed by atoms with E-state index >= 15 is 0 Å². The fraction of sp³-hybridized carbons (Fsp3) is 0.188. The standard InChI is InChI=1S/C16H17NO/c1-3-7-15(8-4-1)13-17-11-12-18-14-16-9-5-2-6-10-16/h1-11H,12-14H2. The summed E-state index contributed by atoms with van der Waals surface area (Å²) in [6.07, 6.45) is 1.83. The lowest BCUT2D eigenvalue weighted by Crippen LogP contribution is -1.96. The molecule has 0 bridgehead atoms. The summed E-state index contributed by atoms with van der Waals surface area (Å²) in [7, 11) is 0. The van der Waals surface area contributed by atoms with Crippen LogP contribution in [-0.4, -0.2) is 12.8 Å². The summed E-state index contributed by atoms with van der Waals surface area (Å²) in [5.74, 6) is 0. The van der Waals surface area contributed by atoms with E-state index in [1.54, 1.807) is 0 Å². The second kappa shape index (κ2) is 7.41. The van der Waals surface area contributed by atoms with E-state index in [9.17, 15) is 0 Å². The van der Waals surface area contributed by atoms with Gasteiger partial charge in [0.15, 0.2) is 0 Å². The molecule has 0 N–H and O–H groups in total. The van der Waals surface area contributed by atoms with E-state index < -0.39 is 0 Å². The number of nitrogens with zero attached hydrogens (tertiary/aromatic N) is 1. The van der Waals surface area contributed by atoms with Crippen molar-refractivity contribution in [2.24, 2.45) is 4.99 Å². The molecule has 92 valence electrons. The Morgan fingerprint density at radius 2 is 1.44 bits per heavy atom. The highest BCUT2D eigenvalue weighted by Crippen LogP contribution is 2.01. The highest BCUT2D eigenvalue weighted by Gasteiger charge is 1.90. The molecular weight excluding hydrogens is 222 g/mol. The second-order valence-electron chi connectivity index (χ2n) is 4.01. The third-order valence-corrected chi connectivity index (χ3v) is 2.55. The van der Waals surface area contributed by atoms with Gasteiger partial charge in [0.1, 0.15) is 0 Å². The Hall–Kier alpha value is -1.93. The first-order chi connectivity index (χ1) is 8.95. The molecule has 0 aliphatic rings. The summed E-state index contributed by atoms with van der Waals surface area (Å²) in [6.45, 7) is 1.91. The van der Waals surface area contributed by atoms with Gasteiger partial charge in [0, 0.05) is 6.21 Å². The van der Waals surface area contributed by atoms with Crippen LogP contribution in [0.3, 0.4) is 0 Å². The van der Waals surface area contributed by atoms with E-state index in [1.807, 2.05) is 42.6 Å². The Labute approximate surface area is 108 Å². The number of hydrogen-bond acceptors (Lipinski definition) is 2. The molecule has 0 heterocycles. The van der Waals surface area contributed by atoms with Crippen molar-refractivity contribution in [1.82, 2.24) is 0 Å². The maximum atomic E-state index is 5.51. The van der Waals surface area contributed by atoms with Crippen molar-refractivity contribution in [2.45, 2.75) is 13.2 Å². The van der Waals surface area contributed by atoms with Crippen LogP contribution < -0.4 is 0 Å². The zero-order chi connectivity index (χ0) is 12.5. The van der Waals surface area contributed by atoms with E-state index in [0.29, 0.717) is 13.2 Å². The SMILES string of the molecule is C(COCc1ccccc1)=NCc1ccccc1. The molecule has 18 heavy (non-hydrogen) atoms. The molecule has 2 aromatic rings. The zero-order valence-corrected chi connectivity index (χ0v) is 10.3. The maximum absolute atomic E-state index is 5.51. The fourth-order valence-corrected chi connectivity index (χ4v) is 1.61. The average Bonchev–Trinajstić information content (AvgIpc) is 2.45. The van der Waals surface area contributed by atoms with Gasteiger partial charge in [0.2, 0.25) is 0 Å². The second-order valence-corrected chi connectivity index (χ2v) is 4.01. The molecule has 0 aliphatic heterocycles. The lowest BCUT2D eigenvalue weighted by molar-refractivity contribution is 0.160. The average molecular weight is 239 g/mol. The predicted molar refractivity (Wildman–Crippen MR) is 74.7 cm³/mol. The van der Waals surface area contributed by atoms with E-state index in [-0.39, 0.29) is 0 Å². The quantitative estimate of drug-likeness (QED) is 0.558. The first kappa shape index (κ1) is 12.5. The van der Waals surface area contributed by atoms with E-state index in [2.05, 4.69) is 29.3 Å². The molecule has 0 amide bonds. The van der Waals surface area contributed by atoms with Gasteiger partial charge < -0.3 is 4.74 Å². The molecule has 0 aliphatic carbocycles. The Kier molecular flexibility index (Phi) is 5.15. The van der Waals surface area contributed by atoms with Gasteiger partial charge >= 0.3 is 0 Å². The van der Waals surface area contributed by atoms with Gasteiger partial charge in [-0.05, 0) is 11.1 Å². The van der Waals surface area contributed by atoms with Crippen molar-refractivity contribution >= 4 is 6.21 Å². The van der Waals surface area contributed by atoms with Crippen LogP contribution in [0.5, 0.6) is 0 Å². The van der Waals surface area contributed by atoms with Crippen LogP contribution in [0.2, 0.25) is 0 Å². The summed E-state index contributed by atoms with van der Waals surface area (Å²) in [6, 6.07) is 20.4. The van der Waals surface area contributed by atoms with E-state index in [0.717, 1.165) is 6.54 Å². The minimum absolute atomic E-state index is 0.557. The fourth-order valence-electron chi connectivity index (χ4n) is 1.61. The number of aliphatic imine (C=N–C) groups is 1. The van der Waals surface area contributed by atoms with Crippen molar-refractivity contribution in [2.75, 3.05) is 6.61 Å². The highest BCUT2D eigenvalue weighted by molar-refractivity contribution is 5.58. The minimum Gasteiger partial charge on any atom is -0.371 e. The maximum Gasteiger partial charge on any atom is 0.0819 e. The Morgan fingerprint density at radius 3 is 2.11 bits per heavy atom. The minimum atomic E-state index is 0.557. The van der Waals surface area contributed by atoms with Crippen LogP contribution in [0.15, 0.2) is 65.7 Å². The Balaban J connectivity index is 1.64. The largest absolute Gasteiger partial charge is 0.371 e. The molecule has 2 nitrogen and oxygen atoms in total. The molecule has 2 aromatic carbocycles. The van der Waals surface area contributed by atoms with Crippen LogP contribution in [0, 0.1) is 0 Å². The molecule has 0 fully saturated rings. The lowest BCUT2D eigenvalue weighted by atomic mass is 10.2. The predicted octanol–water partition coefficient (Wildman–Crippen LogP) is 3.47. The van der Waals surface area contributed by atoms with E-state index in [4.69, 9.17) is 4.74 Å². The molecule has 0 aromatic heterocycles. The van der Waals surface area contributed by atoms with Gasteiger partial charge in [-0.15, -0.1) is 0 Å². The van der Waals surface area contributed by atoms with Crippen LogP contribution in [0.4, 0.5) is 0 Å². The summed E-state index contributed by atoms with van der Waals surface area (Å²) in [4.78, 5) is 4.32. The molecule has 2 rings (SSSR count). The molecular formula is C16H17NO. The number of rotatable bonds is 6. The van der Waals surface area contributed by atoms with Gasteiger partial charge in [-0.3, -0.25) is 4.99 Å². The smallest absolute Gasteiger partial charge is 0.0819 e. The number of hydrogen-bond donors (Lipinski definition) is 0. The molecule has 2 heteroatoms. The van der Waals surface area contributed by atoms with Crippen molar-refractivity contribution < 1.29 is 4.74 Å². The lowest BCUT2D eigenvalue weighted by Gasteiger charge is -2.00. The van der Waals surface area contributed by atoms with Crippen LogP contribution in [0.25, 0.3) is 0 Å². The first-order valence-corrected chi connectivity index (χ1v) is 6.09. The van der Waals surface area contributed by atoms with Gasteiger partial charge in [-0.25, -0.2) is 0 Å². The molecule has 0 radical (unpaired) electrons. The number of benzene rings is 2. The Morgan fingerprint density at radius 1 is 0.833 bits per heavy atom. The van der Waals surface area contributed by atoms with Crippen LogP contribution in [-0.2, 0) is 17.9 Å². The number of ether oxygens (including phenoxy) is 1. The van der Waals surface area contributed by atoms with Gasteiger partial charge in [-0.2, -0.15) is 0 Å². The van der Waals surface area contributed by atoms with Gasteiger partial charge in [-0.1, -0.05) is 60.7 Å². The molecule has 0 spiro atoms. The normalized spacial score (nSPS) is 10.9. The Bertz CT molecular complexity index is 465. The summed E-state index contributed by atoms with van der Waals surface area (Å²) < 4.78 is 5.51. The molecule has 0 saturated heterocycles. The topological polar surface area (TPSA) is 21.6 Å². The van der Waals surface area contributed by atoms with Gasteiger partial charge in [0.25, 0.3) is 0 Å². The van der Waals surface area contributed by atoms with Crippen LogP contribution >= 0.6 is 0 Å². The summed E-state index contributed by atoms with van der Waals surface area (Å²) >= 11 is 0. The van der Waals surface area contributed by atoms with Crippen molar-refractivity contribution in [3.05, 3.63) is 71.8 Å². The van der Waals surface area contributed by atoms with Crippen molar-refractivity contribution in [3.63, 3.8) is 0 Å². The third kappa shape index (κ3) is 4.52. The molecule has 0 saturated carbocycles. The van der Waals surface area contributed by atoms with Crippen molar-refractivity contribution in [1.29, 1.82) is 0 Å². The van der Waals surface area contributed by atoms with Crippen molar-refractivity contribution in [3.8, 4) is 0 Å². The highest BCUT2D eigenvalue weighted by atomic mass is 16.5. The molecule has 0 unspecified atom stereocenters. The van der Waals surface area contributed by atoms with E-state index in [1.165, 1.54) is 11.1 Å². The zero-order valence-electron chi connectivity index (χ0n) is 10.3. The third-order valence-electron chi connectivity index (χ3n) is 2.55. The van der Waals surface area contributed by atoms with Gasteiger partial charge in [0.05, 0.1) is 19.8 Å². The first-order valence-electron chi connectivity index (χ1n) is 6.09. The molecule has 0 atom stereocenters. The monoisotopic (exact) mass is 239 g/mol. The summed E-state index contributed by atoms with van der Waals surface area (Å²) in [5, 5.41) is 0. The summed E-state index contributed by atoms with van der Waals surface area (Å²) in [5.41, 5.74) is 2.41. The van der Waals surface area contributed by atoms with Crippen LogP contribution in [0.1, 0.15) is 11.1 Å².